The van der Waals surface area contributed by atoms with Crippen LogP contribution in [-0.4, -0.2) is 62.9 Å². The quantitative estimate of drug-likeness (QED) is 0.612. The summed E-state index contributed by atoms with van der Waals surface area (Å²) in [5.41, 5.74) is -0.508. The molecule has 0 bridgehead atoms. The van der Waals surface area contributed by atoms with E-state index < -0.39 is 5.60 Å². The van der Waals surface area contributed by atoms with Crippen molar-refractivity contribution in [3.63, 3.8) is 0 Å². The molecule has 0 atom stereocenters. The fourth-order valence-corrected chi connectivity index (χ4v) is 1.40. The van der Waals surface area contributed by atoms with Crippen molar-refractivity contribution in [1.82, 2.24) is 4.90 Å². The molecule has 0 spiro atoms. The third-order valence-electron chi connectivity index (χ3n) is 2.24. The SMILES string of the molecule is COCCN(CCC(=O)OC)CC(=O)OC(C)(C)C. The van der Waals surface area contributed by atoms with Crippen LogP contribution in [0, 0.1) is 0 Å². The molecule has 0 heterocycles. The average molecular weight is 275 g/mol. The predicted molar refractivity (Wildman–Crippen MR) is 70.8 cm³/mol. The van der Waals surface area contributed by atoms with Crippen LogP contribution in [-0.2, 0) is 23.8 Å². The van der Waals surface area contributed by atoms with E-state index in [-0.39, 0.29) is 24.9 Å². The van der Waals surface area contributed by atoms with Gasteiger partial charge in [0.05, 0.1) is 26.7 Å². The van der Waals surface area contributed by atoms with Crippen LogP contribution in [0.3, 0.4) is 0 Å². The predicted octanol–water partition coefficient (Wildman–Crippen LogP) is 0.840. The van der Waals surface area contributed by atoms with Gasteiger partial charge in [0.1, 0.15) is 5.60 Å². The summed E-state index contributed by atoms with van der Waals surface area (Å²) in [6, 6.07) is 0. The zero-order valence-corrected chi connectivity index (χ0v) is 12.5. The fourth-order valence-electron chi connectivity index (χ4n) is 1.40. The molecular formula is C13H25NO5. The van der Waals surface area contributed by atoms with Crippen molar-refractivity contribution >= 4 is 11.9 Å². The molecule has 0 rings (SSSR count). The number of nitrogens with zero attached hydrogens (tertiary/aromatic N) is 1. The van der Waals surface area contributed by atoms with E-state index in [1.54, 1.807) is 7.11 Å². The number of carbonyl (C=O) groups is 2. The molecule has 6 nitrogen and oxygen atoms in total. The Labute approximate surface area is 115 Å². The van der Waals surface area contributed by atoms with E-state index in [2.05, 4.69) is 4.74 Å². The molecule has 0 saturated carbocycles. The van der Waals surface area contributed by atoms with Crippen LogP contribution in [0.1, 0.15) is 27.2 Å². The minimum absolute atomic E-state index is 0.137. The molecule has 0 aliphatic carbocycles. The maximum Gasteiger partial charge on any atom is 0.320 e. The molecule has 0 amide bonds. The summed E-state index contributed by atoms with van der Waals surface area (Å²) in [5.74, 6) is -0.611. The molecule has 0 saturated heterocycles. The molecule has 0 aliphatic rings. The molecule has 0 N–H and O–H groups in total. The Kier molecular flexibility index (Phi) is 8.34. The smallest absolute Gasteiger partial charge is 0.320 e. The van der Waals surface area contributed by atoms with Crippen LogP contribution in [0.4, 0.5) is 0 Å². The van der Waals surface area contributed by atoms with Crippen LogP contribution < -0.4 is 0 Å². The Bertz CT molecular complexity index is 285. The summed E-state index contributed by atoms with van der Waals surface area (Å²) in [7, 11) is 2.93. The molecule has 0 fully saturated rings. The molecule has 19 heavy (non-hydrogen) atoms. The van der Waals surface area contributed by atoms with E-state index in [1.165, 1.54) is 7.11 Å². The molecule has 0 radical (unpaired) electrons. The number of carbonyl (C=O) groups excluding carboxylic acids is 2. The van der Waals surface area contributed by atoms with E-state index in [1.807, 2.05) is 25.7 Å². The van der Waals surface area contributed by atoms with E-state index in [0.29, 0.717) is 19.7 Å². The number of esters is 2. The van der Waals surface area contributed by atoms with Gasteiger partial charge in [0.15, 0.2) is 0 Å². The van der Waals surface area contributed by atoms with Crippen LogP contribution in [0.2, 0.25) is 0 Å². The third-order valence-corrected chi connectivity index (χ3v) is 2.24. The molecule has 0 aromatic heterocycles. The lowest BCUT2D eigenvalue weighted by atomic mass is 10.2. The van der Waals surface area contributed by atoms with Gasteiger partial charge in [0.2, 0.25) is 0 Å². The Morgan fingerprint density at radius 1 is 1.05 bits per heavy atom. The van der Waals surface area contributed by atoms with Gasteiger partial charge in [0.25, 0.3) is 0 Å². The normalized spacial score (nSPS) is 11.5. The zero-order valence-electron chi connectivity index (χ0n) is 12.5. The Hall–Kier alpha value is -1.14. The lowest BCUT2D eigenvalue weighted by molar-refractivity contribution is -0.156. The molecule has 0 aliphatic heterocycles. The Morgan fingerprint density at radius 2 is 1.68 bits per heavy atom. The van der Waals surface area contributed by atoms with E-state index in [0.717, 1.165) is 0 Å². The summed E-state index contributed by atoms with van der Waals surface area (Å²) in [4.78, 5) is 24.6. The van der Waals surface area contributed by atoms with Crippen LogP contribution >= 0.6 is 0 Å². The second-order valence-electron chi connectivity index (χ2n) is 5.18. The molecule has 112 valence electrons. The highest BCUT2D eigenvalue weighted by Crippen LogP contribution is 2.07. The van der Waals surface area contributed by atoms with Gasteiger partial charge in [-0.05, 0) is 20.8 Å². The number of hydrogen-bond acceptors (Lipinski definition) is 6. The van der Waals surface area contributed by atoms with Crippen molar-refractivity contribution < 1.29 is 23.8 Å². The van der Waals surface area contributed by atoms with Crippen LogP contribution in [0.5, 0.6) is 0 Å². The zero-order chi connectivity index (χ0) is 14.9. The van der Waals surface area contributed by atoms with Crippen LogP contribution in [0.15, 0.2) is 0 Å². The summed E-state index contributed by atoms with van der Waals surface area (Å²) in [6.07, 6.45) is 0.239. The summed E-state index contributed by atoms with van der Waals surface area (Å²) in [6.45, 7) is 7.08. The van der Waals surface area contributed by atoms with E-state index in [9.17, 15) is 9.59 Å². The first-order valence-electron chi connectivity index (χ1n) is 6.28. The maximum atomic E-state index is 11.7. The second-order valence-corrected chi connectivity index (χ2v) is 5.18. The highest BCUT2D eigenvalue weighted by molar-refractivity contribution is 5.72. The summed E-state index contributed by atoms with van der Waals surface area (Å²) in [5, 5.41) is 0. The minimum Gasteiger partial charge on any atom is -0.469 e. The second kappa shape index (κ2) is 8.87. The van der Waals surface area contributed by atoms with Crippen molar-refractivity contribution in [2.24, 2.45) is 0 Å². The molecule has 6 heteroatoms. The summed E-state index contributed by atoms with van der Waals surface area (Å²) >= 11 is 0. The van der Waals surface area contributed by atoms with Crippen molar-refractivity contribution in [1.29, 1.82) is 0 Å². The first-order chi connectivity index (χ1) is 8.78. The Balaban J connectivity index is 4.25. The van der Waals surface area contributed by atoms with Gasteiger partial charge in [-0.1, -0.05) is 0 Å². The molecular weight excluding hydrogens is 250 g/mol. The van der Waals surface area contributed by atoms with Crippen molar-refractivity contribution in [2.75, 3.05) is 40.5 Å². The first kappa shape index (κ1) is 17.9. The van der Waals surface area contributed by atoms with Gasteiger partial charge in [-0.15, -0.1) is 0 Å². The van der Waals surface area contributed by atoms with E-state index >= 15 is 0 Å². The van der Waals surface area contributed by atoms with Crippen molar-refractivity contribution in [3.8, 4) is 0 Å². The number of rotatable bonds is 8. The van der Waals surface area contributed by atoms with Gasteiger partial charge in [-0.3, -0.25) is 14.5 Å². The standard InChI is InChI=1S/C13H25NO5/c1-13(2,3)19-12(16)10-14(8-9-17-4)7-6-11(15)18-5/h6-10H2,1-5H3. The first-order valence-corrected chi connectivity index (χ1v) is 6.28. The molecule has 0 aromatic rings. The van der Waals surface area contributed by atoms with Gasteiger partial charge >= 0.3 is 11.9 Å². The molecule has 0 aromatic carbocycles. The third kappa shape index (κ3) is 10.5. The average Bonchev–Trinajstić information content (AvgIpc) is 2.29. The topological polar surface area (TPSA) is 65.1 Å². The van der Waals surface area contributed by atoms with Gasteiger partial charge < -0.3 is 14.2 Å². The molecule has 0 unspecified atom stereocenters. The number of hydrogen-bond donors (Lipinski definition) is 0. The van der Waals surface area contributed by atoms with Crippen LogP contribution in [0.25, 0.3) is 0 Å². The van der Waals surface area contributed by atoms with Gasteiger partial charge in [-0.2, -0.15) is 0 Å². The Morgan fingerprint density at radius 3 is 2.16 bits per heavy atom. The highest BCUT2D eigenvalue weighted by atomic mass is 16.6. The maximum absolute atomic E-state index is 11.7. The van der Waals surface area contributed by atoms with Crippen molar-refractivity contribution in [3.05, 3.63) is 0 Å². The minimum atomic E-state index is -0.508. The van der Waals surface area contributed by atoms with Gasteiger partial charge in [-0.25, -0.2) is 0 Å². The number of ether oxygens (including phenoxy) is 3. The fraction of sp³-hybridized carbons (Fsp3) is 0.846. The monoisotopic (exact) mass is 275 g/mol. The number of methoxy groups -OCH3 is 2. The highest BCUT2D eigenvalue weighted by Gasteiger charge is 2.19. The lowest BCUT2D eigenvalue weighted by Gasteiger charge is -2.24. The van der Waals surface area contributed by atoms with Gasteiger partial charge in [0, 0.05) is 20.2 Å². The summed E-state index contributed by atoms with van der Waals surface area (Å²) < 4.78 is 14.8. The van der Waals surface area contributed by atoms with E-state index in [4.69, 9.17) is 9.47 Å². The van der Waals surface area contributed by atoms with Crippen molar-refractivity contribution in [2.45, 2.75) is 32.8 Å². The lowest BCUT2D eigenvalue weighted by Crippen LogP contribution is -2.37. The largest absolute Gasteiger partial charge is 0.469 e.